The highest BCUT2D eigenvalue weighted by Crippen LogP contribution is 2.19. The molecule has 0 aliphatic carbocycles. The minimum atomic E-state index is -0.192. The van der Waals surface area contributed by atoms with Crippen LogP contribution in [0.25, 0.3) is 0 Å². The third-order valence-electron chi connectivity index (χ3n) is 3.94. The molecule has 6 nitrogen and oxygen atoms in total. The molecule has 0 bridgehead atoms. The van der Waals surface area contributed by atoms with Crippen molar-refractivity contribution in [1.82, 2.24) is 20.2 Å². The molecule has 0 amide bonds. The molecule has 0 fully saturated rings. The minimum Gasteiger partial charge on any atom is -0.388 e. The van der Waals surface area contributed by atoms with Crippen molar-refractivity contribution in [1.29, 1.82) is 0 Å². The van der Waals surface area contributed by atoms with Gasteiger partial charge in [0.2, 0.25) is 0 Å². The number of aromatic nitrogens is 4. The molecule has 2 aromatic heterocycles. The SMILES string of the molecule is CNc1ccc(F)c(CCc2cc(Nc3ncc(C)nc3C)n[nH]2)c1. The Morgan fingerprint density at radius 3 is 2.76 bits per heavy atom. The van der Waals surface area contributed by atoms with Gasteiger partial charge in [0.15, 0.2) is 11.6 Å². The highest BCUT2D eigenvalue weighted by molar-refractivity contribution is 5.54. The standard InChI is InChI=1S/C18H21FN6/c1-11-10-21-18(12(2)22-11)23-17-9-15(24-25-17)5-4-13-8-14(20-3)6-7-16(13)19/h6-10,20H,4-5H2,1-3H3,(H2,21,23,24,25). The number of aryl methyl sites for hydroxylation is 4. The van der Waals surface area contributed by atoms with Gasteiger partial charge < -0.3 is 10.6 Å². The van der Waals surface area contributed by atoms with Gasteiger partial charge in [-0.3, -0.25) is 10.1 Å². The topological polar surface area (TPSA) is 78.5 Å². The normalized spacial score (nSPS) is 10.7. The number of nitrogens with one attached hydrogen (secondary N) is 3. The van der Waals surface area contributed by atoms with Gasteiger partial charge in [-0.2, -0.15) is 5.10 Å². The van der Waals surface area contributed by atoms with Gasteiger partial charge in [-0.05, 0) is 50.5 Å². The number of aromatic amines is 1. The number of nitrogens with zero attached hydrogens (tertiary/aromatic N) is 3. The van der Waals surface area contributed by atoms with Crippen LogP contribution in [0.15, 0.2) is 30.5 Å². The second-order valence-electron chi connectivity index (χ2n) is 5.91. The van der Waals surface area contributed by atoms with E-state index in [1.165, 1.54) is 6.07 Å². The maximum absolute atomic E-state index is 13.9. The number of hydrogen-bond donors (Lipinski definition) is 3. The third kappa shape index (κ3) is 4.12. The Hall–Kier alpha value is -2.96. The lowest BCUT2D eigenvalue weighted by Gasteiger charge is -2.06. The van der Waals surface area contributed by atoms with Gasteiger partial charge in [0.25, 0.3) is 0 Å². The molecule has 0 saturated carbocycles. The lowest BCUT2D eigenvalue weighted by molar-refractivity contribution is 0.608. The number of H-pyrrole nitrogens is 1. The maximum Gasteiger partial charge on any atom is 0.153 e. The zero-order valence-electron chi connectivity index (χ0n) is 14.5. The van der Waals surface area contributed by atoms with E-state index in [4.69, 9.17) is 0 Å². The van der Waals surface area contributed by atoms with Crippen molar-refractivity contribution in [3.05, 3.63) is 58.9 Å². The van der Waals surface area contributed by atoms with E-state index in [0.717, 1.165) is 22.8 Å². The molecule has 0 unspecified atom stereocenters. The predicted octanol–water partition coefficient (Wildman–Crippen LogP) is 3.53. The van der Waals surface area contributed by atoms with Crippen LogP contribution in [0.5, 0.6) is 0 Å². The van der Waals surface area contributed by atoms with Gasteiger partial charge in [0, 0.05) is 24.5 Å². The summed E-state index contributed by atoms with van der Waals surface area (Å²) in [5, 5.41) is 13.4. The summed E-state index contributed by atoms with van der Waals surface area (Å²) in [6.45, 7) is 3.80. The quantitative estimate of drug-likeness (QED) is 0.640. The molecule has 25 heavy (non-hydrogen) atoms. The van der Waals surface area contributed by atoms with Crippen LogP contribution in [-0.4, -0.2) is 27.2 Å². The Bertz CT molecular complexity index is 874. The summed E-state index contributed by atoms with van der Waals surface area (Å²) in [7, 11) is 1.82. The molecular weight excluding hydrogens is 319 g/mol. The molecule has 2 heterocycles. The number of halogens is 1. The summed E-state index contributed by atoms with van der Waals surface area (Å²) in [5.41, 5.74) is 4.19. The van der Waals surface area contributed by atoms with Crippen molar-refractivity contribution in [3.8, 4) is 0 Å². The van der Waals surface area contributed by atoms with E-state index in [1.807, 2.05) is 33.0 Å². The molecular formula is C18H21FN6. The molecule has 130 valence electrons. The second-order valence-corrected chi connectivity index (χ2v) is 5.91. The first kappa shape index (κ1) is 16.9. The molecule has 1 aromatic carbocycles. The van der Waals surface area contributed by atoms with Crippen molar-refractivity contribution >= 4 is 17.3 Å². The minimum absolute atomic E-state index is 0.192. The zero-order valence-corrected chi connectivity index (χ0v) is 14.5. The summed E-state index contributed by atoms with van der Waals surface area (Å²) >= 11 is 0. The smallest absolute Gasteiger partial charge is 0.153 e. The molecule has 0 aliphatic heterocycles. The fourth-order valence-electron chi connectivity index (χ4n) is 2.59. The molecule has 7 heteroatoms. The van der Waals surface area contributed by atoms with Crippen LogP contribution >= 0.6 is 0 Å². The predicted molar refractivity (Wildman–Crippen MR) is 96.7 cm³/mol. The number of anilines is 3. The van der Waals surface area contributed by atoms with Crippen LogP contribution in [-0.2, 0) is 12.8 Å². The first-order valence-electron chi connectivity index (χ1n) is 8.13. The second kappa shape index (κ2) is 7.29. The van der Waals surface area contributed by atoms with E-state index in [1.54, 1.807) is 12.3 Å². The molecule has 0 radical (unpaired) electrons. The van der Waals surface area contributed by atoms with E-state index in [-0.39, 0.29) is 5.82 Å². The third-order valence-corrected chi connectivity index (χ3v) is 3.94. The largest absolute Gasteiger partial charge is 0.388 e. The maximum atomic E-state index is 13.9. The van der Waals surface area contributed by atoms with Crippen LogP contribution in [0.4, 0.5) is 21.7 Å². The number of benzene rings is 1. The van der Waals surface area contributed by atoms with Gasteiger partial charge in [-0.15, -0.1) is 0 Å². The lowest BCUT2D eigenvalue weighted by Crippen LogP contribution is -1.99. The first-order chi connectivity index (χ1) is 12.0. The summed E-state index contributed by atoms with van der Waals surface area (Å²) < 4.78 is 13.9. The zero-order chi connectivity index (χ0) is 17.8. The highest BCUT2D eigenvalue weighted by Gasteiger charge is 2.08. The fourth-order valence-corrected chi connectivity index (χ4v) is 2.59. The van der Waals surface area contributed by atoms with E-state index in [2.05, 4.69) is 30.8 Å². The molecule has 0 aliphatic rings. The van der Waals surface area contributed by atoms with Crippen molar-refractivity contribution in [3.63, 3.8) is 0 Å². The molecule has 3 rings (SSSR count). The van der Waals surface area contributed by atoms with Crippen LogP contribution in [0.1, 0.15) is 22.6 Å². The summed E-state index contributed by atoms with van der Waals surface area (Å²) in [6, 6.07) is 6.94. The number of hydrogen-bond acceptors (Lipinski definition) is 5. The first-order valence-corrected chi connectivity index (χ1v) is 8.13. The fraction of sp³-hybridized carbons (Fsp3) is 0.278. The Morgan fingerprint density at radius 2 is 2.00 bits per heavy atom. The van der Waals surface area contributed by atoms with E-state index < -0.39 is 0 Å². The average Bonchev–Trinajstić information content (AvgIpc) is 3.04. The summed E-state index contributed by atoms with van der Waals surface area (Å²) in [6.07, 6.45) is 2.96. The van der Waals surface area contributed by atoms with Gasteiger partial charge in [0.05, 0.1) is 17.6 Å². The van der Waals surface area contributed by atoms with E-state index >= 15 is 0 Å². The van der Waals surface area contributed by atoms with Crippen LogP contribution in [0.3, 0.4) is 0 Å². The van der Waals surface area contributed by atoms with Gasteiger partial charge in [-0.1, -0.05) is 0 Å². The van der Waals surface area contributed by atoms with Crippen LogP contribution < -0.4 is 10.6 Å². The van der Waals surface area contributed by atoms with Gasteiger partial charge in [0.1, 0.15) is 5.82 Å². The summed E-state index contributed by atoms with van der Waals surface area (Å²) in [5.74, 6) is 1.15. The number of rotatable bonds is 6. The molecule has 3 aromatic rings. The van der Waals surface area contributed by atoms with Gasteiger partial charge >= 0.3 is 0 Å². The Kier molecular flexibility index (Phi) is 4.92. The van der Waals surface area contributed by atoms with Crippen LogP contribution in [0.2, 0.25) is 0 Å². The van der Waals surface area contributed by atoms with Crippen molar-refractivity contribution < 1.29 is 4.39 Å². The highest BCUT2D eigenvalue weighted by atomic mass is 19.1. The molecule has 0 saturated heterocycles. The van der Waals surface area contributed by atoms with Crippen molar-refractivity contribution in [2.24, 2.45) is 0 Å². The Labute approximate surface area is 145 Å². The summed E-state index contributed by atoms with van der Waals surface area (Å²) in [4.78, 5) is 8.69. The lowest BCUT2D eigenvalue weighted by atomic mass is 10.1. The molecule has 0 spiro atoms. The average molecular weight is 340 g/mol. The monoisotopic (exact) mass is 340 g/mol. The van der Waals surface area contributed by atoms with E-state index in [0.29, 0.717) is 30.0 Å². The Balaban J connectivity index is 1.66. The Morgan fingerprint density at radius 1 is 1.16 bits per heavy atom. The van der Waals surface area contributed by atoms with Crippen LogP contribution in [0, 0.1) is 19.7 Å². The van der Waals surface area contributed by atoms with Crippen molar-refractivity contribution in [2.75, 3.05) is 17.7 Å². The molecule has 3 N–H and O–H groups in total. The molecule has 0 atom stereocenters. The van der Waals surface area contributed by atoms with Gasteiger partial charge in [-0.25, -0.2) is 9.37 Å². The van der Waals surface area contributed by atoms with E-state index in [9.17, 15) is 4.39 Å². The van der Waals surface area contributed by atoms with Crippen molar-refractivity contribution in [2.45, 2.75) is 26.7 Å².